The lowest BCUT2D eigenvalue weighted by atomic mass is 9.85. The van der Waals surface area contributed by atoms with Gasteiger partial charge in [0.25, 0.3) is 0 Å². The van der Waals surface area contributed by atoms with Crippen molar-refractivity contribution in [2.45, 2.75) is 51.2 Å². The van der Waals surface area contributed by atoms with Crippen molar-refractivity contribution >= 4 is 17.6 Å². The number of carbonyl (C=O) groups excluding carboxylic acids is 2. The Morgan fingerprint density at radius 1 is 1.16 bits per heavy atom. The summed E-state index contributed by atoms with van der Waals surface area (Å²) in [6, 6.07) is 16.6. The zero-order chi connectivity index (χ0) is 23.1. The van der Waals surface area contributed by atoms with Gasteiger partial charge < -0.3 is 16.4 Å². The van der Waals surface area contributed by atoms with Crippen LogP contribution in [0, 0.1) is 5.41 Å². The van der Waals surface area contributed by atoms with Crippen LogP contribution in [0.3, 0.4) is 0 Å². The Hall–Kier alpha value is -3.19. The molecule has 0 spiro atoms. The van der Waals surface area contributed by atoms with Crippen LogP contribution in [0.5, 0.6) is 0 Å². The van der Waals surface area contributed by atoms with Gasteiger partial charge in [-0.15, -0.1) is 0 Å². The summed E-state index contributed by atoms with van der Waals surface area (Å²) >= 11 is 0. The van der Waals surface area contributed by atoms with Crippen molar-refractivity contribution in [1.29, 1.82) is 5.41 Å². The Kier molecular flexibility index (Phi) is 8.00. The molecule has 2 aromatic rings. The molecule has 2 aromatic carbocycles. The molecule has 1 saturated heterocycles. The number of likely N-dealkylation sites (tertiary alicyclic amines) is 1. The number of benzene rings is 2. The van der Waals surface area contributed by atoms with Crippen molar-refractivity contribution in [1.82, 2.24) is 15.5 Å². The summed E-state index contributed by atoms with van der Waals surface area (Å²) in [6.07, 6.45) is 1.78. The molecule has 3 rings (SSSR count). The molecule has 1 unspecified atom stereocenters. The topological polar surface area (TPSA) is 111 Å². The standard InChI is InChI=1S/C25H33N5O2/c1-3-30-14-13-21(19-7-5-4-6-8-19)15-22(30)25(32)29-17(2)24(31)28-16-18-9-11-20(12-10-18)23(26)27/h4-12,17,21-22H,3,13-16H2,1-2H3,(H3,26,27)(H,28,31)(H,29,32)/t17?,21-,22+/m0/s1. The molecule has 32 heavy (non-hydrogen) atoms. The molecule has 5 N–H and O–H groups in total. The number of carbonyl (C=O) groups is 2. The van der Waals surface area contributed by atoms with E-state index in [1.54, 1.807) is 19.1 Å². The van der Waals surface area contributed by atoms with Gasteiger partial charge >= 0.3 is 0 Å². The van der Waals surface area contributed by atoms with E-state index in [1.165, 1.54) is 5.56 Å². The van der Waals surface area contributed by atoms with Crippen molar-refractivity contribution in [2.75, 3.05) is 13.1 Å². The maximum Gasteiger partial charge on any atom is 0.242 e. The van der Waals surface area contributed by atoms with Crippen LogP contribution >= 0.6 is 0 Å². The van der Waals surface area contributed by atoms with Crippen LogP contribution in [0.2, 0.25) is 0 Å². The fourth-order valence-corrected chi connectivity index (χ4v) is 4.21. The summed E-state index contributed by atoms with van der Waals surface area (Å²) in [5, 5.41) is 13.2. The summed E-state index contributed by atoms with van der Waals surface area (Å²) in [4.78, 5) is 27.8. The number of rotatable bonds is 8. The molecule has 1 aliphatic rings. The van der Waals surface area contributed by atoms with Crippen molar-refractivity contribution in [3.05, 3.63) is 71.3 Å². The number of nitrogen functional groups attached to an aromatic ring is 1. The molecule has 0 saturated carbocycles. The molecular formula is C25H33N5O2. The molecule has 0 aromatic heterocycles. The molecule has 1 heterocycles. The summed E-state index contributed by atoms with van der Waals surface area (Å²) in [7, 11) is 0. The van der Waals surface area contributed by atoms with Crippen LogP contribution < -0.4 is 16.4 Å². The van der Waals surface area contributed by atoms with Gasteiger partial charge in [-0.25, -0.2) is 0 Å². The first kappa shape index (κ1) is 23.5. The average Bonchev–Trinajstić information content (AvgIpc) is 2.82. The van der Waals surface area contributed by atoms with Crippen LogP contribution in [0.4, 0.5) is 0 Å². The molecule has 1 fully saturated rings. The predicted octanol–water partition coefficient (Wildman–Crippen LogP) is 2.36. The van der Waals surface area contributed by atoms with Crippen molar-refractivity contribution in [3.63, 3.8) is 0 Å². The molecule has 3 atom stereocenters. The van der Waals surface area contributed by atoms with Gasteiger partial charge in [0.15, 0.2) is 0 Å². The van der Waals surface area contributed by atoms with Crippen molar-refractivity contribution < 1.29 is 9.59 Å². The van der Waals surface area contributed by atoms with E-state index in [0.717, 1.165) is 31.5 Å². The number of hydrogen-bond donors (Lipinski definition) is 4. The molecule has 170 valence electrons. The minimum atomic E-state index is -0.630. The third-order valence-electron chi connectivity index (χ3n) is 6.18. The monoisotopic (exact) mass is 435 g/mol. The molecule has 0 aliphatic carbocycles. The molecular weight excluding hydrogens is 402 g/mol. The lowest BCUT2D eigenvalue weighted by Crippen LogP contribution is -2.54. The maximum atomic E-state index is 13.1. The van der Waals surface area contributed by atoms with E-state index >= 15 is 0 Å². The molecule has 0 radical (unpaired) electrons. The summed E-state index contributed by atoms with van der Waals surface area (Å²) < 4.78 is 0. The predicted molar refractivity (Wildman–Crippen MR) is 126 cm³/mol. The van der Waals surface area contributed by atoms with E-state index in [1.807, 2.05) is 30.3 Å². The van der Waals surface area contributed by atoms with Gasteiger partial charge in [0.2, 0.25) is 11.8 Å². The molecule has 7 nitrogen and oxygen atoms in total. The first-order valence-corrected chi connectivity index (χ1v) is 11.2. The molecule has 1 aliphatic heterocycles. The van der Waals surface area contributed by atoms with Crippen LogP contribution in [0.15, 0.2) is 54.6 Å². The second-order valence-electron chi connectivity index (χ2n) is 8.34. The number of likely N-dealkylation sites (N-methyl/N-ethyl adjacent to an activating group) is 1. The quantitative estimate of drug-likeness (QED) is 0.377. The van der Waals surface area contributed by atoms with Gasteiger partial charge in [-0.1, -0.05) is 61.5 Å². The highest BCUT2D eigenvalue weighted by Gasteiger charge is 2.34. The van der Waals surface area contributed by atoms with Gasteiger partial charge in [0.05, 0.1) is 6.04 Å². The highest BCUT2D eigenvalue weighted by molar-refractivity contribution is 5.95. The third kappa shape index (κ3) is 5.95. The van der Waals surface area contributed by atoms with E-state index in [2.05, 4.69) is 34.6 Å². The zero-order valence-corrected chi connectivity index (χ0v) is 18.8. The number of amidine groups is 1. The number of nitrogens with zero attached hydrogens (tertiary/aromatic N) is 1. The first-order valence-electron chi connectivity index (χ1n) is 11.2. The minimum Gasteiger partial charge on any atom is -0.384 e. The lowest BCUT2D eigenvalue weighted by Gasteiger charge is -2.38. The molecule has 7 heteroatoms. The van der Waals surface area contributed by atoms with E-state index in [0.29, 0.717) is 18.0 Å². The Balaban J connectivity index is 1.55. The largest absolute Gasteiger partial charge is 0.384 e. The summed E-state index contributed by atoms with van der Waals surface area (Å²) in [6.45, 7) is 5.79. The Labute approximate surface area is 189 Å². The highest BCUT2D eigenvalue weighted by atomic mass is 16.2. The number of amides is 2. The Bertz CT molecular complexity index is 929. The fourth-order valence-electron chi connectivity index (χ4n) is 4.21. The number of nitrogens with two attached hydrogens (primary N) is 1. The minimum absolute atomic E-state index is 0.00950. The first-order chi connectivity index (χ1) is 15.4. The van der Waals surface area contributed by atoms with Gasteiger partial charge in [0.1, 0.15) is 11.9 Å². The summed E-state index contributed by atoms with van der Waals surface area (Å²) in [5.74, 6) is 0.0283. The zero-order valence-electron chi connectivity index (χ0n) is 18.8. The van der Waals surface area contributed by atoms with Crippen molar-refractivity contribution in [2.24, 2.45) is 5.73 Å². The smallest absolute Gasteiger partial charge is 0.242 e. The van der Waals surface area contributed by atoms with E-state index in [4.69, 9.17) is 11.1 Å². The average molecular weight is 436 g/mol. The van der Waals surface area contributed by atoms with E-state index in [9.17, 15) is 9.59 Å². The number of piperidine rings is 1. The van der Waals surface area contributed by atoms with Crippen LogP contribution in [-0.2, 0) is 16.1 Å². The maximum absolute atomic E-state index is 13.1. The number of hydrogen-bond acceptors (Lipinski definition) is 4. The Morgan fingerprint density at radius 3 is 2.47 bits per heavy atom. The van der Waals surface area contributed by atoms with Gasteiger partial charge in [-0.2, -0.15) is 0 Å². The normalized spacial score (nSPS) is 19.7. The third-order valence-corrected chi connectivity index (χ3v) is 6.18. The van der Waals surface area contributed by atoms with E-state index in [-0.39, 0.29) is 23.7 Å². The number of nitrogens with one attached hydrogen (secondary N) is 3. The molecule has 2 amide bonds. The second kappa shape index (κ2) is 10.9. The Morgan fingerprint density at radius 2 is 1.84 bits per heavy atom. The van der Waals surface area contributed by atoms with Crippen molar-refractivity contribution in [3.8, 4) is 0 Å². The fraction of sp³-hybridized carbons (Fsp3) is 0.400. The van der Waals surface area contributed by atoms with Gasteiger partial charge in [-0.3, -0.25) is 19.9 Å². The highest BCUT2D eigenvalue weighted by Crippen LogP contribution is 2.31. The van der Waals surface area contributed by atoms with Crippen LogP contribution in [0.1, 0.15) is 49.3 Å². The van der Waals surface area contributed by atoms with Gasteiger partial charge in [0, 0.05) is 12.1 Å². The van der Waals surface area contributed by atoms with Gasteiger partial charge in [-0.05, 0) is 49.9 Å². The van der Waals surface area contributed by atoms with Crippen LogP contribution in [-0.4, -0.2) is 47.7 Å². The lowest BCUT2D eigenvalue weighted by molar-refractivity contribution is -0.132. The van der Waals surface area contributed by atoms with E-state index < -0.39 is 6.04 Å². The molecule has 0 bridgehead atoms. The summed E-state index contributed by atoms with van der Waals surface area (Å²) in [5.41, 5.74) is 8.27. The second-order valence-corrected chi connectivity index (χ2v) is 8.34. The van der Waals surface area contributed by atoms with Crippen LogP contribution in [0.25, 0.3) is 0 Å². The SMILES string of the molecule is CCN1CC[C@H](c2ccccc2)C[C@@H]1C(=O)NC(C)C(=O)NCc1ccc(C(=N)N)cc1.